The Morgan fingerprint density at radius 1 is 1.03 bits per heavy atom. The van der Waals surface area contributed by atoms with Gasteiger partial charge in [0.25, 0.3) is 0 Å². The van der Waals surface area contributed by atoms with Gasteiger partial charge >= 0.3 is 17.9 Å². The van der Waals surface area contributed by atoms with Crippen LogP contribution < -0.4 is 29.0 Å². The first kappa shape index (κ1) is 22.2. The number of rotatable bonds is 5. The SMILES string of the molecule is COc1ccc(NCc2cc3c4c(c2O)OC(=O)CC(O)(CC(=O)O3)C(=O)O4)c(C)c1OC. The lowest BCUT2D eigenvalue weighted by Gasteiger charge is -2.30. The minimum atomic E-state index is -2.43. The summed E-state index contributed by atoms with van der Waals surface area (Å²) in [5.41, 5.74) is -0.842. The first-order chi connectivity index (χ1) is 15.7. The fourth-order valence-corrected chi connectivity index (χ4v) is 3.70. The fraction of sp³-hybridized carbons (Fsp3) is 0.318. The van der Waals surface area contributed by atoms with Gasteiger partial charge in [0, 0.05) is 23.4 Å². The number of aliphatic hydroxyl groups is 1. The van der Waals surface area contributed by atoms with Gasteiger partial charge in [-0.2, -0.15) is 0 Å². The molecular weight excluding hydrogens is 438 g/mol. The molecule has 2 aromatic rings. The lowest BCUT2D eigenvalue weighted by Crippen LogP contribution is -2.48. The van der Waals surface area contributed by atoms with Crippen LogP contribution in [-0.2, 0) is 20.9 Å². The van der Waals surface area contributed by atoms with Crippen LogP contribution in [0.25, 0.3) is 0 Å². The van der Waals surface area contributed by atoms with E-state index in [4.69, 9.17) is 23.7 Å². The molecule has 0 spiro atoms. The van der Waals surface area contributed by atoms with E-state index >= 15 is 0 Å². The third-order valence-corrected chi connectivity index (χ3v) is 5.41. The van der Waals surface area contributed by atoms with Gasteiger partial charge < -0.3 is 39.2 Å². The number of benzene rings is 2. The van der Waals surface area contributed by atoms with Gasteiger partial charge in [-0.05, 0) is 25.1 Å². The smallest absolute Gasteiger partial charge is 0.345 e. The second kappa shape index (κ2) is 8.17. The molecule has 3 N–H and O–H groups in total. The van der Waals surface area contributed by atoms with Crippen molar-refractivity contribution in [3.63, 3.8) is 0 Å². The predicted octanol–water partition coefficient (Wildman–Crippen LogP) is 1.58. The van der Waals surface area contributed by atoms with Crippen molar-refractivity contribution < 1.29 is 48.3 Å². The number of hydrogen-bond acceptors (Lipinski definition) is 11. The first-order valence-electron chi connectivity index (χ1n) is 9.87. The Hall–Kier alpha value is -3.99. The summed E-state index contributed by atoms with van der Waals surface area (Å²) < 4.78 is 26.2. The Kier molecular flexibility index (Phi) is 5.50. The van der Waals surface area contributed by atoms with E-state index in [1.54, 1.807) is 12.1 Å². The summed E-state index contributed by atoms with van der Waals surface area (Å²) in [5, 5.41) is 24.3. The average molecular weight is 459 g/mol. The highest BCUT2D eigenvalue weighted by Gasteiger charge is 2.48. The van der Waals surface area contributed by atoms with Crippen molar-refractivity contribution in [2.75, 3.05) is 19.5 Å². The van der Waals surface area contributed by atoms with Gasteiger partial charge in [-0.1, -0.05) is 0 Å². The molecule has 0 amide bonds. The molecule has 0 radical (unpaired) electrons. The van der Waals surface area contributed by atoms with Crippen LogP contribution in [0.5, 0.6) is 34.5 Å². The molecule has 2 aromatic carbocycles. The summed E-state index contributed by atoms with van der Waals surface area (Å²) in [4.78, 5) is 37.0. The topological polar surface area (TPSA) is 150 Å². The second-order valence-electron chi connectivity index (χ2n) is 7.59. The van der Waals surface area contributed by atoms with E-state index < -0.39 is 53.6 Å². The van der Waals surface area contributed by atoms with Crippen molar-refractivity contribution in [3.05, 3.63) is 29.3 Å². The highest BCUT2D eigenvalue weighted by atomic mass is 16.6. The van der Waals surface area contributed by atoms with E-state index in [9.17, 15) is 24.6 Å². The Morgan fingerprint density at radius 2 is 1.73 bits per heavy atom. The Bertz CT molecular complexity index is 1170. The van der Waals surface area contributed by atoms with E-state index in [0.717, 1.165) is 5.56 Å². The Morgan fingerprint density at radius 3 is 2.39 bits per heavy atom. The summed E-state index contributed by atoms with van der Waals surface area (Å²) in [6, 6.07) is 4.74. The van der Waals surface area contributed by atoms with Crippen LogP contribution in [0, 0.1) is 6.92 Å². The number of carbonyl (C=O) groups excluding carboxylic acids is 3. The molecule has 0 aromatic heterocycles. The maximum absolute atomic E-state index is 12.4. The number of aromatic hydroxyl groups is 1. The van der Waals surface area contributed by atoms with Gasteiger partial charge in [-0.15, -0.1) is 0 Å². The molecule has 33 heavy (non-hydrogen) atoms. The van der Waals surface area contributed by atoms with Gasteiger partial charge in [0.15, 0.2) is 28.6 Å². The van der Waals surface area contributed by atoms with Crippen LogP contribution in [0.2, 0.25) is 0 Å². The molecule has 11 heteroatoms. The first-order valence-corrected chi connectivity index (χ1v) is 9.87. The maximum atomic E-state index is 12.4. The quantitative estimate of drug-likeness (QED) is 0.442. The zero-order valence-electron chi connectivity index (χ0n) is 18.0. The monoisotopic (exact) mass is 459 g/mol. The minimum absolute atomic E-state index is 0.00935. The molecule has 11 nitrogen and oxygen atoms in total. The van der Waals surface area contributed by atoms with Gasteiger partial charge in [0.05, 0.1) is 27.1 Å². The number of anilines is 1. The van der Waals surface area contributed by atoms with Crippen molar-refractivity contribution in [2.45, 2.75) is 31.9 Å². The van der Waals surface area contributed by atoms with Gasteiger partial charge in [-0.3, -0.25) is 9.59 Å². The standard InChI is InChI=1S/C22H21NO10/c1-10-12(4-5-13(29-2)18(10)30-3)23-9-11-6-14-19-20(17(11)26)32-16(25)8-22(28,21(27)33-19)7-15(24)31-14/h4-6,23,26,28H,7-9H2,1-3H3. The number of methoxy groups -OCH3 is 2. The number of esters is 3. The molecule has 0 fully saturated rings. The van der Waals surface area contributed by atoms with E-state index in [1.165, 1.54) is 20.3 Å². The molecule has 4 rings (SSSR count). The third kappa shape index (κ3) is 3.87. The molecule has 0 saturated carbocycles. The molecule has 1 atom stereocenters. The van der Waals surface area contributed by atoms with Crippen molar-refractivity contribution in [1.82, 2.24) is 0 Å². The van der Waals surface area contributed by atoms with Crippen LogP contribution in [0.15, 0.2) is 18.2 Å². The molecule has 1 unspecified atom stereocenters. The second-order valence-corrected chi connectivity index (χ2v) is 7.59. The van der Waals surface area contributed by atoms with Crippen molar-refractivity contribution in [1.29, 1.82) is 0 Å². The van der Waals surface area contributed by atoms with Crippen molar-refractivity contribution in [2.24, 2.45) is 0 Å². The molecule has 2 aliphatic heterocycles. The van der Waals surface area contributed by atoms with E-state index in [0.29, 0.717) is 17.2 Å². The molecular formula is C22H21NO10. The summed E-state index contributed by atoms with van der Waals surface area (Å²) in [5.74, 6) is -3.81. The van der Waals surface area contributed by atoms with Crippen LogP contribution in [-0.4, -0.2) is 47.9 Å². The van der Waals surface area contributed by atoms with E-state index in [-0.39, 0.29) is 17.9 Å². The molecule has 2 heterocycles. The third-order valence-electron chi connectivity index (χ3n) is 5.41. The minimum Gasteiger partial charge on any atom is -0.504 e. The number of fused-ring (bicyclic) bond motifs is 2. The predicted molar refractivity (Wildman–Crippen MR) is 111 cm³/mol. The average Bonchev–Trinajstić information content (AvgIpc) is 2.75. The molecule has 174 valence electrons. The van der Waals surface area contributed by atoms with Crippen LogP contribution in [0.3, 0.4) is 0 Å². The zero-order chi connectivity index (χ0) is 23.9. The van der Waals surface area contributed by atoms with E-state index in [1.807, 2.05) is 6.92 Å². The highest BCUT2D eigenvalue weighted by molar-refractivity contribution is 5.96. The number of ether oxygens (including phenoxy) is 5. The van der Waals surface area contributed by atoms with Crippen LogP contribution >= 0.6 is 0 Å². The Balaban J connectivity index is 1.74. The summed E-state index contributed by atoms with van der Waals surface area (Å²) in [6.07, 6.45) is -1.64. The van der Waals surface area contributed by atoms with Gasteiger partial charge in [-0.25, -0.2) is 4.79 Å². The number of phenols is 1. The molecule has 2 bridgehead atoms. The van der Waals surface area contributed by atoms with Crippen LogP contribution in [0.1, 0.15) is 24.0 Å². The summed E-state index contributed by atoms with van der Waals surface area (Å²) in [6.45, 7) is 1.82. The van der Waals surface area contributed by atoms with Crippen molar-refractivity contribution in [3.8, 4) is 34.5 Å². The molecule has 0 saturated heterocycles. The number of carbonyl (C=O) groups is 3. The number of phenolic OH excluding ortho intramolecular Hbond substituents is 1. The number of nitrogens with one attached hydrogen (secondary N) is 1. The number of hydrogen-bond donors (Lipinski definition) is 3. The summed E-state index contributed by atoms with van der Waals surface area (Å²) in [7, 11) is 3.03. The van der Waals surface area contributed by atoms with Crippen molar-refractivity contribution >= 4 is 23.6 Å². The largest absolute Gasteiger partial charge is 0.504 e. The highest BCUT2D eigenvalue weighted by Crippen LogP contribution is 2.49. The Labute approximate surface area is 187 Å². The van der Waals surface area contributed by atoms with E-state index in [2.05, 4.69) is 5.32 Å². The fourth-order valence-electron chi connectivity index (χ4n) is 3.70. The molecule has 0 aliphatic carbocycles. The lowest BCUT2D eigenvalue weighted by molar-refractivity contribution is -0.170. The summed E-state index contributed by atoms with van der Waals surface area (Å²) >= 11 is 0. The zero-order valence-corrected chi connectivity index (χ0v) is 18.0. The van der Waals surface area contributed by atoms with Crippen LogP contribution in [0.4, 0.5) is 5.69 Å². The molecule has 2 aliphatic rings. The normalized spacial score (nSPS) is 19.3. The lowest BCUT2D eigenvalue weighted by atomic mass is 9.94. The van der Waals surface area contributed by atoms with Gasteiger partial charge in [0.2, 0.25) is 11.5 Å². The maximum Gasteiger partial charge on any atom is 0.345 e. The van der Waals surface area contributed by atoms with Gasteiger partial charge in [0.1, 0.15) is 0 Å².